The summed E-state index contributed by atoms with van der Waals surface area (Å²) in [5, 5.41) is 0. The first-order valence-electron chi connectivity index (χ1n) is 9.05. The molecule has 0 amide bonds. The molecule has 0 spiro atoms. The molecule has 1 fully saturated rings. The fraction of sp³-hybridized carbons (Fsp3) is 0.895. The monoisotopic (exact) mass is 320 g/mol. The molecule has 4 heteroatoms. The standard InChI is InChI=1S/C19H32N2O2/c1-17(2,3)13-11-22-15(20-13)19(9-7-8-10-19)16-21-14(12-23-16)18(4,5)6/h13-14H,7-12H2,1-6H3/t13-,14-/m1/s1. The summed E-state index contributed by atoms with van der Waals surface area (Å²) in [6.45, 7) is 14.8. The van der Waals surface area contributed by atoms with Crippen LogP contribution in [0.25, 0.3) is 0 Å². The molecule has 3 rings (SSSR count). The molecule has 2 atom stereocenters. The van der Waals surface area contributed by atoms with Crippen LogP contribution in [0.4, 0.5) is 0 Å². The van der Waals surface area contributed by atoms with Crippen molar-refractivity contribution in [1.29, 1.82) is 0 Å². The second-order valence-electron chi connectivity index (χ2n) is 9.54. The van der Waals surface area contributed by atoms with Gasteiger partial charge in [0.25, 0.3) is 0 Å². The van der Waals surface area contributed by atoms with Gasteiger partial charge < -0.3 is 9.47 Å². The third-order valence-corrected chi connectivity index (χ3v) is 5.58. The Morgan fingerprint density at radius 2 is 1.17 bits per heavy atom. The SMILES string of the molecule is CC(C)(C)[C@H]1COC(C2(C3=N[C@@H](C(C)(C)C)CO3)CCCC2)=N1. The second kappa shape index (κ2) is 5.49. The van der Waals surface area contributed by atoms with Crippen LogP contribution >= 0.6 is 0 Å². The molecule has 23 heavy (non-hydrogen) atoms. The Bertz CT molecular complexity index is 474. The van der Waals surface area contributed by atoms with Gasteiger partial charge in [-0.1, -0.05) is 54.4 Å². The van der Waals surface area contributed by atoms with Gasteiger partial charge in [0.05, 0.1) is 12.1 Å². The summed E-state index contributed by atoms with van der Waals surface area (Å²) in [5.74, 6) is 1.78. The van der Waals surface area contributed by atoms with E-state index in [0.29, 0.717) is 13.2 Å². The van der Waals surface area contributed by atoms with Crippen LogP contribution in [0.5, 0.6) is 0 Å². The average Bonchev–Trinajstić information content (AvgIpc) is 3.17. The van der Waals surface area contributed by atoms with Crippen molar-refractivity contribution in [2.75, 3.05) is 13.2 Å². The van der Waals surface area contributed by atoms with Gasteiger partial charge in [0.1, 0.15) is 18.6 Å². The lowest BCUT2D eigenvalue weighted by Crippen LogP contribution is -2.37. The van der Waals surface area contributed by atoms with Gasteiger partial charge in [-0.05, 0) is 23.7 Å². The van der Waals surface area contributed by atoms with Crippen LogP contribution in [0, 0.1) is 16.2 Å². The van der Waals surface area contributed by atoms with Crippen molar-refractivity contribution in [2.24, 2.45) is 26.2 Å². The maximum absolute atomic E-state index is 6.10. The zero-order valence-corrected chi connectivity index (χ0v) is 15.6. The molecule has 4 nitrogen and oxygen atoms in total. The van der Waals surface area contributed by atoms with E-state index in [9.17, 15) is 0 Å². The highest BCUT2D eigenvalue weighted by Crippen LogP contribution is 2.46. The van der Waals surface area contributed by atoms with Gasteiger partial charge in [-0.15, -0.1) is 0 Å². The quantitative estimate of drug-likeness (QED) is 0.764. The van der Waals surface area contributed by atoms with Crippen LogP contribution in [0.3, 0.4) is 0 Å². The molecule has 2 aliphatic heterocycles. The van der Waals surface area contributed by atoms with Crippen LogP contribution in [-0.4, -0.2) is 37.1 Å². The van der Waals surface area contributed by atoms with Gasteiger partial charge in [-0.2, -0.15) is 0 Å². The van der Waals surface area contributed by atoms with E-state index in [0.717, 1.165) is 24.6 Å². The van der Waals surface area contributed by atoms with Crippen LogP contribution in [-0.2, 0) is 9.47 Å². The van der Waals surface area contributed by atoms with E-state index < -0.39 is 0 Å². The lowest BCUT2D eigenvalue weighted by Gasteiger charge is -2.27. The minimum atomic E-state index is -0.194. The van der Waals surface area contributed by atoms with Gasteiger partial charge >= 0.3 is 0 Å². The van der Waals surface area contributed by atoms with Gasteiger partial charge in [0.15, 0.2) is 11.8 Å². The van der Waals surface area contributed by atoms with Crippen LogP contribution < -0.4 is 0 Å². The van der Waals surface area contributed by atoms with Crippen molar-refractivity contribution in [3.05, 3.63) is 0 Å². The molecule has 0 N–H and O–H groups in total. The third kappa shape index (κ3) is 3.01. The molecule has 0 aromatic rings. The van der Waals surface area contributed by atoms with E-state index in [1.165, 1.54) is 12.8 Å². The number of hydrogen-bond donors (Lipinski definition) is 0. The fourth-order valence-electron chi connectivity index (χ4n) is 3.66. The largest absolute Gasteiger partial charge is 0.478 e. The highest BCUT2D eigenvalue weighted by atomic mass is 16.5. The third-order valence-electron chi connectivity index (χ3n) is 5.58. The molecule has 0 saturated heterocycles. The Labute approximate surface area is 140 Å². The molecular formula is C19H32N2O2. The molecule has 1 saturated carbocycles. The molecule has 2 heterocycles. The Kier molecular flexibility index (Phi) is 4.01. The lowest BCUT2D eigenvalue weighted by molar-refractivity contribution is 0.208. The Balaban J connectivity index is 1.90. The molecule has 130 valence electrons. The van der Waals surface area contributed by atoms with Crippen molar-refractivity contribution < 1.29 is 9.47 Å². The van der Waals surface area contributed by atoms with Crippen molar-refractivity contribution in [3.8, 4) is 0 Å². The van der Waals surface area contributed by atoms with Gasteiger partial charge in [-0.25, -0.2) is 9.98 Å². The van der Waals surface area contributed by atoms with E-state index in [-0.39, 0.29) is 28.3 Å². The first-order chi connectivity index (χ1) is 10.6. The molecule has 3 aliphatic rings. The first-order valence-corrected chi connectivity index (χ1v) is 9.05. The smallest absolute Gasteiger partial charge is 0.199 e. The normalized spacial score (nSPS) is 30.7. The summed E-state index contributed by atoms with van der Waals surface area (Å²) in [4.78, 5) is 9.96. The second-order valence-corrected chi connectivity index (χ2v) is 9.54. The van der Waals surface area contributed by atoms with Crippen molar-refractivity contribution >= 4 is 11.8 Å². The Morgan fingerprint density at radius 3 is 1.48 bits per heavy atom. The van der Waals surface area contributed by atoms with Crippen LogP contribution in [0.1, 0.15) is 67.2 Å². The lowest BCUT2D eigenvalue weighted by atomic mass is 9.84. The number of ether oxygens (including phenoxy) is 2. The number of nitrogens with zero attached hydrogens (tertiary/aromatic N) is 2. The van der Waals surface area contributed by atoms with E-state index >= 15 is 0 Å². The average molecular weight is 320 g/mol. The minimum Gasteiger partial charge on any atom is -0.478 e. The van der Waals surface area contributed by atoms with Gasteiger partial charge in [0.2, 0.25) is 0 Å². The maximum Gasteiger partial charge on any atom is 0.199 e. The summed E-state index contributed by atoms with van der Waals surface area (Å²) < 4.78 is 12.2. The number of rotatable bonds is 2. The summed E-state index contributed by atoms with van der Waals surface area (Å²) in [6, 6.07) is 0.464. The van der Waals surface area contributed by atoms with E-state index in [1.807, 2.05) is 0 Å². The molecular weight excluding hydrogens is 288 g/mol. The fourth-order valence-corrected chi connectivity index (χ4v) is 3.66. The van der Waals surface area contributed by atoms with Crippen molar-refractivity contribution in [1.82, 2.24) is 0 Å². The molecule has 0 aromatic heterocycles. The topological polar surface area (TPSA) is 43.2 Å². The van der Waals surface area contributed by atoms with Crippen LogP contribution in [0.15, 0.2) is 9.98 Å². The molecule has 0 radical (unpaired) electrons. The van der Waals surface area contributed by atoms with Gasteiger partial charge in [0, 0.05) is 0 Å². The van der Waals surface area contributed by atoms with Crippen molar-refractivity contribution in [3.63, 3.8) is 0 Å². The Hall–Kier alpha value is -1.06. The zero-order chi connectivity index (χ0) is 16.9. The molecule has 1 aliphatic carbocycles. The highest BCUT2D eigenvalue weighted by Gasteiger charge is 2.51. The summed E-state index contributed by atoms with van der Waals surface area (Å²) in [7, 11) is 0. The predicted octanol–water partition coefficient (Wildman–Crippen LogP) is 4.23. The highest BCUT2D eigenvalue weighted by molar-refractivity contribution is 6.06. The van der Waals surface area contributed by atoms with Crippen molar-refractivity contribution in [2.45, 2.75) is 79.3 Å². The summed E-state index contributed by atoms with van der Waals surface area (Å²) in [5.41, 5.74) is 0.0711. The Morgan fingerprint density at radius 1 is 0.783 bits per heavy atom. The zero-order valence-electron chi connectivity index (χ0n) is 15.6. The van der Waals surface area contributed by atoms with Gasteiger partial charge in [-0.3, -0.25) is 0 Å². The predicted molar refractivity (Wildman–Crippen MR) is 94.2 cm³/mol. The number of hydrogen-bond acceptors (Lipinski definition) is 4. The molecule has 0 unspecified atom stereocenters. The van der Waals surface area contributed by atoms with E-state index in [1.54, 1.807) is 0 Å². The summed E-state index contributed by atoms with van der Waals surface area (Å²) in [6.07, 6.45) is 4.51. The van der Waals surface area contributed by atoms with Crippen LogP contribution in [0.2, 0.25) is 0 Å². The maximum atomic E-state index is 6.10. The minimum absolute atomic E-state index is 0.133. The number of aliphatic imine (C=N–C) groups is 2. The molecule has 0 aromatic carbocycles. The van der Waals surface area contributed by atoms with E-state index in [4.69, 9.17) is 19.5 Å². The molecule has 0 bridgehead atoms. The van der Waals surface area contributed by atoms with E-state index in [2.05, 4.69) is 41.5 Å². The summed E-state index contributed by atoms with van der Waals surface area (Å²) >= 11 is 0. The first kappa shape index (κ1) is 16.8.